The third-order valence-corrected chi connectivity index (χ3v) is 5.39. The maximum absolute atomic E-state index is 12.6. The van der Waals surface area contributed by atoms with E-state index in [1.807, 2.05) is 19.1 Å². The molecular formula is C20H20Cl2N2O2. The van der Waals surface area contributed by atoms with Gasteiger partial charge < -0.3 is 10.2 Å². The molecule has 1 heterocycles. The molecule has 1 aliphatic heterocycles. The predicted molar refractivity (Wildman–Crippen MR) is 105 cm³/mol. The molecule has 0 saturated carbocycles. The standard InChI is InChI=1S/C20H20Cl2N2O2/c1-13-17(22)6-3-7-18(13)23-19(25)14-8-10-24(11-9-14)20(26)15-4-2-5-16(21)12-15/h2-7,12,14H,8-11H2,1H3,(H,23,25). The number of likely N-dealkylation sites (tertiary alicyclic amines) is 1. The van der Waals surface area contributed by atoms with Gasteiger partial charge >= 0.3 is 0 Å². The van der Waals surface area contributed by atoms with E-state index in [1.165, 1.54) is 0 Å². The SMILES string of the molecule is Cc1c(Cl)cccc1NC(=O)C1CCN(C(=O)c2cccc(Cl)c2)CC1. The van der Waals surface area contributed by atoms with E-state index in [0.717, 1.165) is 11.3 Å². The van der Waals surface area contributed by atoms with Gasteiger partial charge in [0.1, 0.15) is 0 Å². The van der Waals surface area contributed by atoms with Gasteiger partial charge in [-0.25, -0.2) is 0 Å². The van der Waals surface area contributed by atoms with Crippen LogP contribution in [0.2, 0.25) is 10.0 Å². The summed E-state index contributed by atoms with van der Waals surface area (Å²) < 4.78 is 0. The van der Waals surface area contributed by atoms with Crippen LogP contribution < -0.4 is 5.32 Å². The highest BCUT2D eigenvalue weighted by Crippen LogP contribution is 2.26. The van der Waals surface area contributed by atoms with Gasteiger partial charge in [0.15, 0.2) is 0 Å². The highest BCUT2D eigenvalue weighted by atomic mass is 35.5. The molecule has 6 heteroatoms. The van der Waals surface area contributed by atoms with Crippen LogP contribution in [0.4, 0.5) is 5.69 Å². The van der Waals surface area contributed by atoms with Gasteiger partial charge in [-0.05, 0) is 55.7 Å². The molecule has 0 spiro atoms. The number of nitrogens with zero attached hydrogens (tertiary/aromatic N) is 1. The summed E-state index contributed by atoms with van der Waals surface area (Å²) >= 11 is 12.1. The van der Waals surface area contributed by atoms with Crippen molar-refractivity contribution in [2.45, 2.75) is 19.8 Å². The Morgan fingerprint density at radius 2 is 1.77 bits per heavy atom. The van der Waals surface area contributed by atoms with Crippen LogP contribution in [0.5, 0.6) is 0 Å². The molecule has 0 aromatic heterocycles. The molecule has 0 unspecified atom stereocenters. The van der Waals surface area contributed by atoms with Gasteiger partial charge in [-0.2, -0.15) is 0 Å². The summed E-state index contributed by atoms with van der Waals surface area (Å²) in [6, 6.07) is 12.4. The first-order valence-corrected chi connectivity index (χ1v) is 9.32. The average Bonchev–Trinajstić information content (AvgIpc) is 2.65. The molecule has 4 nitrogen and oxygen atoms in total. The van der Waals surface area contributed by atoms with E-state index in [2.05, 4.69) is 5.32 Å². The lowest BCUT2D eigenvalue weighted by atomic mass is 9.95. The van der Waals surface area contributed by atoms with Gasteiger partial charge in [0.2, 0.25) is 5.91 Å². The summed E-state index contributed by atoms with van der Waals surface area (Å²) in [5, 5.41) is 4.13. The first kappa shape index (κ1) is 18.7. The summed E-state index contributed by atoms with van der Waals surface area (Å²) in [5.74, 6) is -0.181. The van der Waals surface area contributed by atoms with Crippen molar-refractivity contribution >= 4 is 40.7 Å². The summed E-state index contributed by atoms with van der Waals surface area (Å²) in [5.41, 5.74) is 2.17. The number of benzene rings is 2. The van der Waals surface area contributed by atoms with E-state index in [1.54, 1.807) is 35.2 Å². The minimum atomic E-state index is -0.114. The van der Waals surface area contributed by atoms with Crippen molar-refractivity contribution in [1.82, 2.24) is 4.90 Å². The Morgan fingerprint density at radius 1 is 1.08 bits per heavy atom. The normalized spacial score (nSPS) is 15.0. The minimum absolute atomic E-state index is 0.0229. The first-order valence-electron chi connectivity index (χ1n) is 8.56. The van der Waals surface area contributed by atoms with Crippen molar-refractivity contribution in [2.24, 2.45) is 5.92 Å². The molecule has 0 atom stereocenters. The van der Waals surface area contributed by atoms with Gasteiger partial charge in [0, 0.05) is 40.3 Å². The molecule has 1 aliphatic rings. The van der Waals surface area contributed by atoms with Gasteiger partial charge in [-0.15, -0.1) is 0 Å². The number of anilines is 1. The lowest BCUT2D eigenvalue weighted by Gasteiger charge is -2.31. The van der Waals surface area contributed by atoms with Gasteiger partial charge in [-0.1, -0.05) is 35.3 Å². The molecule has 3 rings (SSSR count). The zero-order valence-electron chi connectivity index (χ0n) is 14.5. The second kappa shape index (κ2) is 8.11. The molecule has 0 bridgehead atoms. The van der Waals surface area contributed by atoms with Crippen molar-refractivity contribution in [1.29, 1.82) is 0 Å². The summed E-state index contributed by atoms with van der Waals surface area (Å²) in [4.78, 5) is 26.9. The third-order valence-electron chi connectivity index (χ3n) is 4.75. The van der Waals surface area contributed by atoms with Crippen molar-refractivity contribution < 1.29 is 9.59 Å². The van der Waals surface area contributed by atoms with Gasteiger partial charge in [0.05, 0.1) is 0 Å². The topological polar surface area (TPSA) is 49.4 Å². The molecule has 0 aliphatic carbocycles. The van der Waals surface area contributed by atoms with Crippen LogP contribution in [0.25, 0.3) is 0 Å². The molecule has 2 amide bonds. The van der Waals surface area contributed by atoms with E-state index < -0.39 is 0 Å². The number of halogens is 2. The fourth-order valence-electron chi connectivity index (χ4n) is 3.13. The number of hydrogen-bond donors (Lipinski definition) is 1. The Labute approximate surface area is 163 Å². The first-order chi connectivity index (χ1) is 12.5. The maximum atomic E-state index is 12.6. The molecule has 0 radical (unpaired) electrons. The summed E-state index contributed by atoms with van der Waals surface area (Å²) in [6.07, 6.45) is 1.27. The zero-order chi connectivity index (χ0) is 18.7. The van der Waals surface area contributed by atoms with E-state index in [4.69, 9.17) is 23.2 Å². The van der Waals surface area contributed by atoms with Gasteiger partial charge in [-0.3, -0.25) is 9.59 Å². The number of amides is 2. The van der Waals surface area contributed by atoms with E-state index in [9.17, 15) is 9.59 Å². The van der Waals surface area contributed by atoms with Crippen LogP contribution in [0.15, 0.2) is 42.5 Å². The molecule has 2 aromatic rings. The third kappa shape index (κ3) is 4.19. The van der Waals surface area contributed by atoms with E-state index >= 15 is 0 Å². The molecule has 1 fully saturated rings. The van der Waals surface area contributed by atoms with Crippen LogP contribution in [-0.2, 0) is 4.79 Å². The molecular weight excluding hydrogens is 371 g/mol. The lowest BCUT2D eigenvalue weighted by molar-refractivity contribution is -0.121. The minimum Gasteiger partial charge on any atom is -0.339 e. The van der Waals surface area contributed by atoms with Crippen LogP contribution in [0.3, 0.4) is 0 Å². The number of nitrogens with one attached hydrogen (secondary N) is 1. The Morgan fingerprint density at radius 3 is 2.46 bits per heavy atom. The molecule has 26 heavy (non-hydrogen) atoms. The predicted octanol–water partition coefficient (Wildman–Crippen LogP) is 4.79. The van der Waals surface area contributed by atoms with Gasteiger partial charge in [0.25, 0.3) is 5.91 Å². The van der Waals surface area contributed by atoms with Crippen LogP contribution in [0, 0.1) is 12.8 Å². The summed E-state index contributed by atoms with van der Waals surface area (Å²) in [7, 11) is 0. The van der Waals surface area contributed by atoms with Crippen LogP contribution in [0.1, 0.15) is 28.8 Å². The zero-order valence-corrected chi connectivity index (χ0v) is 16.0. The Hall–Kier alpha value is -2.04. The second-order valence-corrected chi connectivity index (χ2v) is 7.32. The van der Waals surface area contributed by atoms with Crippen molar-refractivity contribution in [3.63, 3.8) is 0 Å². The molecule has 136 valence electrons. The van der Waals surface area contributed by atoms with E-state index in [-0.39, 0.29) is 17.7 Å². The number of piperidine rings is 1. The Kier molecular flexibility index (Phi) is 5.84. The lowest BCUT2D eigenvalue weighted by Crippen LogP contribution is -2.41. The molecule has 1 N–H and O–H groups in total. The quantitative estimate of drug-likeness (QED) is 0.818. The summed E-state index contributed by atoms with van der Waals surface area (Å²) in [6.45, 7) is 2.99. The van der Waals surface area contributed by atoms with E-state index in [0.29, 0.717) is 41.5 Å². The van der Waals surface area contributed by atoms with Crippen molar-refractivity contribution in [3.05, 3.63) is 63.6 Å². The molecule has 1 saturated heterocycles. The number of carbonyl (C=O) groups is 2. The second-order valence-electron chi connectivity index (χ2n) is 6.48. The smallest absolute Gasteiger partial charge is 0.253 e. The van der Waals surface area contributed by atoms with Crippen LogP contribution in [-0.4, -0.2) is 29.8 Å². The Balaban J connectivity index is 1.58. The fourth-order valence-corrected chi connectivity index (χ4v) is 3.49. The average molecular weight is 391 g/mol. The number of rotatable bonds is 3. The maximum Gasteiger partial charge on any atom is 0.253 e. The largest absolute Gasteiger partial charge is 0.339 e. The van der Waals surface area contributed by atoms with Crippen LogP contribution >= 0.6 is 23.2 Å². The Bertz CT molecular complexity index is 830. The highest BCUT2D eigenvalue weighted by Gasteiger charge is 2.28. The molecule has 2 aromatic carbocycles. The fraction of sp³-hybridized carbons (Fsp3) is 0.300. The van der Waals surface area contributed by atoms with Crippen molar-refractivity contribution in [2.75, 3.05) is 18.4 Å². The number of hydrogen-bond acceptors (Lipinski definition) is 2. The number of carbonyl (C=O) groups excluding carboxylic acids is 2. The monoisotopic (exact) mass is 390 g/mol. The van der Waals surface area contributed by atoms with Crippen molar-refractivity contribution in [3.8, 4) is 0 Å². The highest BCUT2D eigenvalue weighted by molar-refractivity contribution is 6.31.